The number of aromatic nitrogens is 3. The highest BCUT2D eigenvalue weighted by Crippen LogP contribution is 2.19. The van der Waals surface area contributed by atoms with E-state index in [2.05, 4.69) is 58.4 Å². The summed E-state index contributed by atoms with van der Waals surface area (Å²) >= 11 is 0. The molecule has 0 spiro atoms. The first kappa shape index (κ1) is 19.4. The van der Waals surface area contributed by atoms with Gasteiger partial charge in [0.2, 0.25) is 0 Å². The van der Waals surface area contributed by atoms with Crippen LogP contribution < -0.4 is 5.32 Å². The third-order valence-corrected chi connectivity index (χ3v) is 5.21. The van der Waals surface area contributed by atoms with Gasteiger partial charge in [0.15, 0.2) is 0 Å². The van der Waals surface area contributed by atoms with Gasteiger partial charge in [-0.25, -0.2) is 9.78 Å². The van der Waals surface area contributed by atoms with Crippen LogP contribution >= 0.6 is 0 Å². The number of nitrogens with one attached hydrogen (secondary N) is 1. The van der Waals surface area contributed by atoms with Gasteiger partial charge in [-0.3, -0.25) is 9.58 Å². The predicted molar refractivity (Wildman–Crippen MR) is 106 cm³/mol. The lowest BCUT2D eigenvalue weighted by molar-refractivity contribution is 0.134. The fourth-order valence-electron chi connectivity index (χ4n) is 3.30. The number of hydrogen-bond donors (Lipinski definition) is 1. The van der Waals surface area contributed by atoms with Gasteiger partial charge in [-0.1, -0.05) is 38.1 Å². The first-order chi connectivity index (χ1) is 13.0. The van der Waals surface area contributed by atoms with Crippen molar-refractivity contribution in [3.63, 3.8) is 0 Å². The van der Waals surface area contributed by atoms with Crippen LogP contribution in [0, 0.1) is 0 Å². The lowest BCUT2D eigenvalue weighted by Gasteiger charge is -2.35. The zero-order chi connectivity index (χ0) is 19.2. The summed E-state index contributed by atoms with van der Waals surface area (Å²) in [5.74, 6) is 0.518. The summed E-state index contributed by atoms with van der Waals surface area (Å²) in [4.78, 5) is 20.8. The average Bonchev–Trinajstić information content (AvgIpc) is 3.20. The monoisotopic (exact) mass is 370 g/mol. The Hall–Kier alpha value is -2.41. The molecule has 0 bridgehead atoms. The summed E-state index contributed by atoms with van der Waals surface area (Å²) in [5.41, 5.74) is 2.46. The molecule has 0 saturated carbocycles. The average molecular weight is 371 g/mol. The van der Waals surface area contributed by atoms with E-state index in [-0.39, 0.29) is 12.1 Å². The molecule has 7 heteroatoms. The predicted octanol–water partition coefficient (Wildman–Crippen LogP) is 2.49. The summed E-state index contributed by atoms with van der Waals surface area (Å²) in [7, 11) is 0. The molecule has 1 saturated heterocycles. The Morgan fingerprint density at radius 1 is 1.04 bits per heavy atom. The Morgan fingerprint density at radius 3 is 2.30 bits per heavy atom. The van der Waals surface area contributed by atoms with Gasteiger partial charge in [0.05, 0.1) is 12.6 Å². The lowest BCUT2D eigenvalue weighted by Crippen LogP contribution is -2.52. The fraction of sp³-hybridized carbons (Fsp3) is 0.550. The number of rotatable bonds is 6. The molecule has 27 heavy (non-hydrogen) atoms. The molecule has 1 fully saturated rings. The SMILES string of the molecule is CC(C)c1ccc([C@@H](C)NC(=O)N2CCN(CCn3cncn3)CC2)cc1. The van der Waals surface area contributed by atoms with Crippen molar-refractivity contribution >= 4 is 6.03 Å². The maximum Gasteiger partial charge on any atom is 0.317 e. The van der Waals surface area contributed by atoms with Gasteiger partial charge in [0, 0.05) is 32.7 Å². The molecule has 0 unspecified atom stereocenters. The van der Waals surface area contributed by atoms with Gasteiger partial charge < -0.3 is 10.2 Å². The molecule has 2 aromatic rings. The van der Waals surface area contributed by atoms with E-state index in [0.29, 0.717) is 5.92 Å². The third kappa shape index (κ3) is 5.29. The molecule has 2 heterocycles. The van der Waals surface area contributed by atoms with E-state index in [1.165, 1.54) is 5.56 Å². The molecule has 1 aliphatic rings. The minimum atomic E-state index is 0.00376. The van der Waals surface area contributed by atoms with Gasteiger partial charge in [-0.2, -0.15) is 5.10 Å². The van der Waals surface area contributed by atoms with E-state index in [0.717, 1.165) is 44.8 Å². The maximum atomic E-state index is 12.6. The van der Waals surface area contributed by atoms with Crippen LogP contribution in [0.1, 0.15) is 43.9 Å². The molecule has 2 amide bonds. The zero-order valence-electron chi connectivity index (χ0n) is 16.5. The second-order valence-electron chi connectivity index (χ2n) is 7.48. The smallest absolute Gasteiger partial charge is 0.317 e. The Labute approximate surface area is 161 Å². The van der Waals surface area contributed by atoms with Crippen LogP contribution in [0.2, 0.25) is 0 Å². The van der Waals surface area contributed by atoms with Crippen LogP contribution in [0.3, 0.4) is 0 Å². The van der Waals surface area contributed by atoms with Crippen molar-refractivity contribution in [1.82, 2.24) is 29.9 Å². The van der Waals surface area contributed by atoms with Crippen molar-refractivity contribution in [1.29, 1.82) is 0 Å². The molecule has 1 N–H and O–H groups in total. The van der Waals surface area contributed by atoms with E-state index >= 15 is 0 Å². The fourth-order valence-corrected chi connectivity index (χ4v) is 3.30. The molecule has 7 nitrogen and oxygen atoms in total. The molecule has 1 aromatic carbocycles. The molecular weight excluding hydrogens is 340 g/mol. The van der Waals surface area contributed by atoms with Crippen molar-refractivity contribution in [3.05, 3.63) is 48.0 Å². The molecule has 146 valence electrons. The Kier molecular flexibility index (Phi) is 6.45. The van der Waals surface area contributed by atoms with E-state index in [1.54, 1.807) is 12.7 Å². The second-order valence-corrected chi connectivity index (χ2v) is 7.48. The molecule has 1 aromatic heterocycles. The number of carbonyl (C=O) groups is 1. The summed E-state index contributed by atoms with van der Waals surface area (Å²) < 4.78 is 1.84. The standard InChI is InChI=1S/C20H30N6O/c1-16(2)18-4-6-19(7-5-18)17(3)23-20(27)25-11-8-24(9-12-25)10-13-26-15-21-14-22-26/h4-7,14-17H,8-13H2,1-3H3,(H,23,27)/t17-/m1/s1. The summed E-state index contributed by atoms with van der Waals surface area (Å²) in [6, 6.07) is 8.55. The molecule has 1 atom stereocenters. The third-order valence-electron chi connectivity index (χ3n) is 5.21. The molecular formula is C20H30N6O. The van der Waals surface area contributed by atoms with Crippen LogP contribution in [-0.4, -0.2) is 63.3 Å². The Balaban J connectivity index is 1.43. The largest absolute Gasteiger partial charge is 0.331 e. The van der Waals surface area contributed by atoms with Crippen molar-refractivity contribution in [2.45, 2.75) is 39.3 Å². The van der Waals surface area contributed by atoms with E-state index < -0.39 is 0 Å². The van der Waals surface area contributed by atoms with Crippen LogP contribution in [0.15, 0.2) is 36.9 Å². The Morgan fingerprint density at radius 2 is 1.70 bits per heavy atom. The van der Waals surface area contributed by atoms with Crippen molar-refractivity contribution < 1.29 is 4.79 Å². The lowest BCUT2D eigenvalue weighted by atomic mass is 10.00. The number of nitrogens with zero attached hydrogens (tertiary/aromatic N) is 5. The first-order valence-corrected chi connectivity index (χ1v) is 9.73. The van der Waals surface area contributed by atoms with E-state index in [4.69, 9.17) is 0 Å². The van der Waals surface area contributed by atoms with Crippen LogP contribution in [0.25, 0.3) is 0 Å². The van der Waals surface area contributed by atoms with Gasteiger partial charge in [0.25, 0.3) is 0 Å². The number of piperazine rings is 1. The van der Waals surface area contributed by atoms with Gasteiger partial charge >= 0.3 is 6.03 Å². The number of carbonyl (C=O) groups excluding carboxylic acids is 1. The van der Waals surface area contributed by atoms with Gasteiger partial charge in [-0.05, 0) is 24.0 Å². The number of hydrogen-bond acceptors (Lipinski definition) is 4. The highest BCUT2D eigenvalue weighted by molar-refractivity contribution is 5.74. The summed E-state index contributed by atoms with van der Waals surface area (Å²) in [6.07, 6.45) is 3.29. The topological polar surface area (TPSA) is 66.3 Å². The molecule has 0 aliphatic carbocycles. The highest BCUT2D eigenvalue weighted by atomic mass is 16.2. The summed E-state index contributed by atoms with van der Waals surface area (Å²) in [6.45, 7) is 11.4. The normalized spacial score (nSPS) is 16.5. The molecule has 3 rings (SSSR count). The first-order valence-electron chi connectivity index (χ1n) is 9.73. The molecule has 0 radical (unpaired) electrons. The second kappa shape index (κ2) is 8.99. The number of amides is 2. The zero-order valence-corrected chi connectivity index (χ0v) is 16.5. The summed E-state index contributed by atoms with van der Waals surface area (Å²) in [5, 5.41) is 7.25. The van der Waals surface area contributed by atoms with Crippen molar-refractivity contribution in [2.75, 3.05) is 32.7 Å². The maximum absolute atomic E-state index is 12.6. The minimum Gasteiger partial charge on any atom is -0.331 e. The van der Waals surface area contributed by atoms with Crippen LogP contribution in [0.4, 0.5) is 4.79 Å². The van der Waals surface area contributed by atoms with Crippen LogP contribution in [0.5, 0.6) is 0 Å². The van der Waals surface area contributed by atoms with E-state index in [9.17, 15) is 4.79 Å². The molecule has 1 aliphatic heterocycles. The van der Waals surface area contributed by atoms with Crippen molar-refractivity contribution in [3.8, 4) is 0 Å². The van der Waals surface area contributed by atoms with Gasteiger partial charge in [0.1, 0.15) is 12.7 Å². The van der Waals surface area contributed by atoms with Gasteiger partial charge in [-0.15, -0.1) is 0 Å². The van der Waals surface area contributed by atoms with Crippen molar-refractivity contribution in [2.24, 2.45) is 0 Å². The van der Waals surface area contributed by atoms with E-state index in [1.807, 2.05) is 16.5 Å². The van der Waals surface area contributed by atoms with Crippen LogP contribution in [-0.2, 0) is 6.54 Å². The highest BCUT2D eigenvalue weighted by Gasteiger charge is 2.22. The Bertz CT molecular complexity index is 705. The quantitative estimate of drug-likeness (QED) is 0.848. The number of urea groups is 1. The number of benzene rings is 1. The minimum absolute atomic E-state index is 0.00376.